The van der Waals surface area contributed by atoms with Crippen LogP contribution in [0.15, 0.2) is 36.5 Å². The van der Waals surface area contributed by atoms with Crippen LogP contribution in [0.25, 0.3) is 0 Å². The summed E-state index contributed by atoms with van der Waals surface area (Å²) in [7, 11) is 0. The van der Waals surface area contributed by atoms with Gasteiger partial charge in [0.1, 0.15) is 13.2 Å². The average Bonchev–Trinajstić information content (AvgIpc) is 3.38. The summed E-state index contributed by atoms with van der Waals surface area (Å²) in [5.74, 6) is -0.874. The van der Waals surface area contributed by atoms with Gasteiger partial charge in [-0.1, -0.05) is 269 Å². The number of unbranched alkanes of at least 4 members (excludes halogenated alkanes) is 42. The van der Waals surface area contributed by atoms with Crippen molar-refractivity contribution >= 4 is 17.9 Å². The highest BCUT2D eigenvalue weighted by atomic mass is 16.6. The molecule has 422 valence electrons. The third-order valence-corrected chi connectivity index (χ3v) is 14.3. The summed E-state index contributed by atoms with van der Waals surface area (Å²) in [5, 5.41) is 0. The molecule has 0 amide bonds. The van der Waals surface area contributed by atoms with Gasteiger partial charge in [0, 0.05) is 19.3 Å². The second-order valence-corrected chi connectivity index (χ2v) is 21.7. The van der Waals surface area contributed by atoms with E-state index in [9.17, 15) is 14.4 Å². The Balaban J connectivity index is 4.18. The van der Waals surface area contributed by atoms with Crippen molar-refractivity contribution in [3.63, 3.8) is 0 Å². The lowest BCUT2D eigenvalue weighted by molar-refractivity contribution is -0.167. The first-order chi connectivity index (χ1) is 35.5. The Bertz CT molecular complexity index is 1210. The summed E-state index contributed by atoms with van der Waals surface area (Å²) in [4.78, 5) is 38.2. The Kier molecular flexibility index (Phi) is 59.2. The summed E-state index contributed by atoms with van der Waals surface area (Å²) in [6.07, 6.45) is 74.5. The van der Waals surface area contributed by atoms with E-state index < -0.39 is 6.10 Å². The zero-order valence-electron chi connectivity index (χ0n) is 48.5. The van der Waals surface area contributed by atoms with Crippen molar-refractivity contribution in [2.45, 2.75) is 354 Å². The van der Waals surface area contributed by atoms with E-state index in [1.54, 1.807) is 0 Å². The maximum absolute atomic E-state index is 12.9. The first kappa shape index (κ1) is 69.6. The highest BCUT2D eigenvalue weighted by molar-refractivity contribution is 5.71. The third-order valence-electron chi connectivity index (χ3n) is 14.3. The first-order valence-electron chi connectivity index (χ1n) is 32.0. The monoisotopic (exact) mass is 1010 g/mol. The number of ether oxygens (including phenoxy) is 3. The minimum Gasteiger partial charge on any atom is -0.462 e. The third kappa shape index (κ3) is 58.5. The molecule has 0 aromatic heterocycles. The number of allylic oxidation sites excluding steroid dienone is 6. The van der Waals surface area contributed by atoms with Crippen molar-refractivity contribution in [1.29, 1.82) is 0 Å². The van der Waals surface area contributed by atoms with Crippen molar-refractivity contribution in [3.05, 3.63) is 36.5 Å². The van der Waals surface area contributed by atoms with Gasteiger partial charge in [-0.15, -0.1) is 0 Å². The lowest BCUT2D eigenvalue weighted by atomic mass is 10.0. The fourth-order valence-electron chi connectivity index (χ4n) is 9.49. The van der Waals surface area contributed by atoms with E-state index in [0.29, 0.717) is 19.3 Å². The second kappa shape index (κ2) is 61.2. The Morgan fingerprint density at radius 2 is 0.458 bits per heavy atom. The Hall–Kier alpha value is -2.37. The molecule has 72 heavy (non-hydrogen) atoms. The molecule has 1 unspecified atom stereocenters. The van der Waals surface area contributed by atoms with Gasteiger partial charge in [0.25, 0.3) is 0 Å². The molecule has 0 heterocycles. The molecule has 0 aliphatic rings. The van der Waals surface area contributed by atoms with Gasteiger partial charge in [-0.3, -0.25) is 14.4 Å². The summed E-state index contributed by atoms with van der Waals surface area (Å²) in [6, 6.07) is 0. The highest BCUT2D eigenvalue weighted by Gasteiger charge is 2.19. The lowest BCUT2D eigenvalue weighted by Gasteiger charge is -2.18. The van der Waals surface area contributed by atoms with Crippen LogP contribution >= 0.6 is 0 Å². The topological polar surface area (TPSA) is 78.9 Å². The van der Waals surface area contributed by atoms with Crippen LogP contribution in [0.2, 0.25) is 0 Å². The van der Waals surface area contributed by atoms with Gasteiger partial charge in [-0.2, -0.15) is 0 Å². The van der Waals surface area contributed by atoms with Gasteiger partial charge in [-0.25, -0.2) is 0 Å². The highest BCUT2D eigenvalue weighted by Crippen LogP contribution is 2.17. The van der Waals surface area contributed by atoms with Crippen LogP contribution in [-0.4, -0.2) is 37.2 Å². The largest absolute Gasteiger partial charge is 0.462 e. The molecule has 0 spiro atoms. The molecule has 0 aromatic carbocycles. The first-order valence-corrected chi connectivity index (χ1v) is 32.0. The molecular formula is C66H122O6. The number of rotatable bonds is 59. The van der Waals surface area contributed by atoms with Crippen molar-refractivity contribution in [3.8, 4) is 0 Å². The van der Waals surface area contributed by atoms with E-state index in [-0.39, 0.29) is 31.1 Å². The fraction of sp³-hybridized carbons (Fsp3) is 0.864. The van der Waals surface area contributed by atoms with Gasteiger partial charge in [0.15, 0.2) is 6.10 Å². The quantitative estimate of drug-likeness (QED) is 0.0261. The molecule has 0 fully saturated rings. The molecule has 0 aromatic rings. The zero-order chi connectivity index (χ0) is 52.2. The predicted octanol–water partition coefficient (Wildman–Crippen LogP) is 21.6. The summed E-state index contributed by atoms with van der Waals surface area (Å²) >= 11 is 0. The Morgan fingerprint density at radius 3 is 0.722 bits per heavy atom. The minimum absolute atomic E-state index is 0.0748. The maximum Gasteiger partial charge on any atom is 0.306 e. The Morgan fingerprint density at radius 1 is 0.264 bits per heavy atom. The van der Waals surface area contributed by atoms with E-state index in [4.69, 9.17) is 14.2 Å². The van der Waals surface area contributed by atoms with Crippen molar-refractivity contribution in [2.75, 3.05) is 13.2 Å². The lowest BCUT2D eigenvalue weighted by Crippen LogP contribution is -2.30. The van der Waals surface area contributed by atoms with Crippen LogP contribution in [0.3, 0.4) is 0 Å². The van der Waals surface area contributed by atoms with Gasteiger partial charge in [0.05, 0.1) is 0 Å². The van der Waals surface area contributed by atoms with E-state index in [1.165, 1.54) is 238 Å². The minimum atomic E-state index is -0.778. The summed E-state index contributed by atoms with van der Waals surface area (Å²) in [5.41, 5.74) is 0. The number of hydrogen-bond acceptors (Lipinski definition) is 6. The van der Waals surface area contributed by atoms with Gasteiger partial charge < -0.3 is 14.2 Å². The molecule has 0 aliphatic heterocycles. The molecule has 6 nitrogen and oxygen atoms in total. The smallest absolute Gasteiger partial charge is 0.306 e. The van der Waals surface area contributed by atoms with Crippen LogP contribution in [0.4, 0.5) is 0 Å². The number of hydrogen-bond donors (Lipinski definition) is 0. The standard InChI is InChI=1S/C66H122O6/c1-4-7-10-13-16-19-22-25-27-28-29-30-31-32-33-34-35-36-37-38-40-41-44-47-50-53-56-59-65(68)71-62-63(61-70-64(67)58-55-52-49-46-43-24-21-18-15-12-9-6-3)72-66(69)60-57-54-51-48-45-42-39-26-23-20-17-14-11-8-5-2/h18,21,26,28-29,39,63H,4-17,19-20,22-25,27,30-38,40-62H2,1-3H3/b21-18-,29-28-,39-26-. The average molecular weight is 1010 g/mol. The van der Waals surface area contributed by atoms with Crippen molar-refractivity contribution in [1.82, 2.24) is 0 Å². The molecule has 6 heteroatoms. The molecule has 0 N–H and O–H groups in total. The molecule has 0 saturated heterocycles. The molecule has 0 aliphatic carbocycles. The van der Waals surface area contributed by atoms with E-state index in [2.05, 4.69) is 57.2 Å². The molecule has 0 radical (unpaired) electrons. The van der Waals surface area contributed by atoms with Crippen molar-refractivity contribution < 1.29 is 28.6 Å². The van der Waals surface area contributed by atoms with Crippen LogP contribution in [0.5, 0.6) is 0 Å². The SMILES string of the molecule is CCCCC/C=C\CCCCCCCC(=O)OCC(COC(=O)CCCCCCCCCCCCCCCCC/C=C\CCCCCCCCCC)OC(=O)CCCCCCC/C=C\CCCCCCCC. The normalized spacial score (nSPS) is 12.2. The number of esters is 3. The van der Waals surface area contributed by atoms with Gasteiger partial charge in [-0.05, 0) is 96.3 Å². The van der Waals surface area contributed by atoms with E-state index in [0.717, 1.165) is 70.6 Å². The van der Waals surface area contributed by atoms with E-state index >= 15 is 0 Å². The van der Waals surface area contributed by atoms with E-state index in [1.807, 2.05) is 0 Å². The second-order valence-electron chi connectivity index (χ2n) is 21.7. The predicted molar refractivity (Wildman–Crippen MR) is 312 cm³/mol. The molecule has 0 saturated carbocycles. The molecule has 1 atom stereocenters. The fourth-order valence-corrected chi connectivity index (χ4v) is 9.49. The molecule has 0 rings (SSSR count). The van der Waals surface area contributed by atoms with Crippen molar-refractivity contribution in [2.24, 2.45) is 0 Å². The van der Waals surface area contributed by atoms with Gasteiger partial charge >= 0.3 is 17.9 Å². The molecule has 0 bridgehead atoms. The van der Waals surface area contributed by atoms with Crippen LogP contribution in [-0.2, 0) is 28.6 Å². The van der Waals surface area contributed by atoms with Gasteiger partial charge in [0.2, 0.25) is 0 Å². The number of carbonyl (C=O) groups excluding carboxylic acids is 3. The maximum atomic E-state index is 12.9. The van der Waals surface area contributed by atoms with Crippen LogP contribution in [0.1, 0.15) is 348 Å². The molecular weight excluding hydrogens is 889 g/mol. The zero-order valence-corrected chi connectivity index (χ0v) is 48.5. The Labute approximate surface area is 448 Å². The number of carbonyl (C=O) groups is 3. The van der Waals surface area contributed by atoms with Crippen LogP contribution in [0, 0.1) is 0 Å². The summed E-state index contributed by atoms with van der Waals surface area (Å²) < 4.78 is 16.9. The van der Waals surface area contributed by atoms with Crippen LogP contribution < -0.4 is 0 Å². The summed E-state index contributed by atoms with van der Waals surface area (Å²) in [6.45, 7) is 6.64.